The predicted octanol–water partition coefficient (Wildman–Crippen LogP) is 4.83. The number of hydrogen-bond acceptors (Lipinski definition) is 6. The molecule has 0 bridgehead atoms. The lowest BCUT2D eigenvalue weighted by Crippen LogP contribution is -2.24. The van der Waals surface area contributed by atoms with Gasteiger partial charge >= 0.3 is 0 Å². The first kappa shape index (κ1) is 23.5. The number of methoxy groups -OCH3 is 1. The van der Waals surface area contributed by atoms with Gasteiger partial charge in [0.15, 0.2) is 16.8 Å². The number of aromatic nitrogens is 3. The number of ketones is 1. The van der Waals surface area contributed by atoms with Crippen LogP contribution in [0.1, 0.15) is 26.5 Å². The summed E-state index contributed by atoms with van der Waals surface area (Å²) in [6.07, 6.45) is 0. The Labute approximate surface area is 206 Å². The third kappa shape index (κ3) is 5.47. The zero-order chi connectivity index (χ0) is 23.9. The fourth-order valence-electron chi connectivity index (χ4n) is 3.22. The van der Waals surface area contributed by atoms with Crippen molar-refractivity contribution in [2.45, 2.75) is 11.7 Å². The predicted molar refractivity (Wildman–Crippen MR) is 132 cm³/mol. The number of Topliss-reactive ketones (excluding diaryl/α,β-unsaturated/α-hetero) is 1. The standard InChI is InChI=1S/C25H21ClN4O3S/c1-33-19-13-11-18(12-14-19)24(32)27-15-23-28-29-25(30(23)21-10-6-5-9-20(21)26)34-16-22(31)17-7-3-2-4-8-17/h2-14H,15-16H2,1H3,(H,27,32). The Morgan fingerprint density at radius 3 is 2.35 bits per heavy atom. The molecular weight excluding hydrogens is 472 g/mol. The number of para-hydroxylation sites is 1. The zero-order valence-electron chi connectivity index (χ0n) is 18.3. The first-order valence-electron chi connectivity index (χ1n) is 10.4. The number of carbonyl (C=O) groups excluding carboxylic acids is 2. The first-order chi connectivity index (χ1) is 16.6. The summed E-state index contributed by atoms with van der Waals surface area (Å²) in [5.74, 6) is 1.06. The van der Waals surface area contributed by atoms with Gasteiger partial charge in [0.05, 0.1) is 30.1 Å². The molecule has 7 nitrogen and oxygen atoms in total. The lowest BCUT2D eigenvalue weighted by molar-refractivity contribution is 0.0948. The third-order valence-electron chi connectivity index (χ3n) is 4.98. The molecule has 3 aromatic carbocycles. The van der Waals surface area contributed by atoms with Gasteiger partial charge in [-0.05, 0) is 36.4 Å². The summed E-state index contributed by atoms with van der Waals surface area (Å²) in [7, 11) is 1.57. The Morgan fingerprint density at radius 2 is 1.65 bits per heavy atom. The van der Waals surface area contributed by atoms with Crippen molar-refractivity contribution in [3.63, 3.8) is 0 Å². The van der Waals surface area contributed by atoms with E-state index in [9.17, 15) is 9.59 Å². The Bertz CT molecular complexity index is 1290. The van der Waals surface area contributed by atoms with Crippen molar-refractivity contribution < 1.29 is 14.3 Å². The summed E-state index contributed by atoms with van der Waals surface area (Å²) in [5.41, 5.74) is 1.79. The summed E-state index contributed by atoms with van der Waals surface area (Å²) < 4.78 is 6.90. The van der Waals surface area contributed by atoms with Crippen LogP contribution in [-0.4, -0.2) is 39.3 Å². The molecule has 0 fully saturated rings. The summed E-state index contributed by atoms with van der Waals surface area (Å²) in [5, 5.41) is 12.4. The van der Waals surface area contributed by atoms with Gasteiger partial charge in [-0.15, -0.1) is 10.2 Å². The molecular formula is C25H21ClN4O3S. The maximum absolute atomic E-state index is 12.6. The van der Waals surface area contributed by atoms with Crippen LogP contribution in [0.25, 0.3) is 5.69 Å². The molecule has 1 heterocycles. The molecule has 172 valence electrons. The van der Waals surface area contributed by atoms with Crippen LogP contribution in [-0.2, 0) is 6.54 Å². The number of rotatable bonds is 9. The normalized spacial score (nSPS) is 10.6. The van der Waals surface area contributed by atoms with Gasteiger partial charge in [-0.2, -0.15) is 0 Å². The smallest absolute Gasteiger partial charge is 0.251 e. The molecule has 0 radical (unpaired) electrons. The topological polar surface area (TPSA) is 86.1 Å². The van der Waals surface area contributed by atoms with Crippen molar-refractivity contribution in [1.82, 2.24) is 20.1 Å². The number of amides is 1. The van der Waals surface area contributed by atoms with E-state index >= 15 is 0 Å². The van der Waals surface area contributed by atoms with Crippen LogP contribution in [0.3, 0.4) is 0 Å². The fourth-order valence-corrected chi connectivity index (χ4v) is 4.30. The van der Waals surface area contributed by atoms with E-state index < -0.39 is 0 Å². The summed E-state index contributed by atoms with van der Waals surface area (Å²) in [6, 6.07) is 23.2. The van der Waals surface area contributed by atoms with Crippen molar-refractivity contribution in [1.29, 1.82) is 0 Å². The lowest BCUT2D eigenvalue weighted by Gasteiger charge is -2.12. The van der Waals surface area contributed by atoms with Crippen LogP contribution in [0, 0.1) is 0 Å². The maximum atomic E-state index is 12.6. The zero-order valence-corrected chi connectivity index (χ0v) is 19.8. The number of thioether (sulfide) groups is 1. The summed E-state index contributed by atoms with van der Waals surface area (Å²) in [4.78, 5) is 25.2. The van der Waals surface area contributed by atoms with Gasteiger partial charge in [0.2, 0.25) is 0 Å². The molecule has 4 aromatic rings. The van der Waals surface area contributed by atoms with E-state index in [-0.39, 0.29) is 24.0 Å². The number of nitrogens with zero attached hydrogens (tertiary/aromatic N) is 3. The van der Waals surface area contributed by atoms with E-state index in [1.165, 1.54) is 11.8 Å². The number of benzene rings is 3. The van der Waals surface area contributed by atoms with Crippen LogP contribution < -0.4 is 10.1 Å². The Balaban J connectivity index is 1.54. The highest BCUT2D eigenvalue weighted by Crippen LogP contribution is 2.27. The highest BCUT2D eigenvalue weighted by Gasteiger charge is 2.19. The van der Waals surface area contributed by atoms with Crippen molar-refractivity contribution in [2.75, 3.05) is 12.9 Å². The number of nitrogens with one attached hydrogen (secondary N) is 1. The molecule has 0 spiro atoms. The Morgan fingerprint density at radius 1 is 0.941 bits per heavy atom. The van der Waals surface area contributed by atoms with Crippen LogP contribution in [0.15, 0.2) is 84.0 Å². The number of ether oxygens (including phenoxy) is 1. The van der Waals surface area contributed by atoms with Crippen LogP contribution in [0.5, 0.6) is 5.75 Å². The van der Waals surface area contributed by atoms with Crippen molar-refractivity contribution in [3.8, 4) is 11.4 Å². The van der Waals surface area contributed by atoms with Gasteiger partial charge in [-0.1, -0.05) is 65.8 Å². The number of hydrogen-bond donors (Lipinski definition) is 1. The van der Waals surface area contributed by atoms with E-state index in [2.05, 4.69) is 15.5 Å². The molecule has 4 rings (SSSR count). The van der Waals surface area contributed by atoms with Gasteiger partial charge in [0.1, 0.15) is 5.75 Å². The Hall–Kier alpha value is -3.62. The van der Waals surface area contributed by atoms with E-state index in [0.29, 0.717) is 38.6 Å². The van der Waals surface area contributed by atoms with E-state index in [4.69, 9.17) is 16.3 Å². The van der Waals surface area contributed by atoms with E-state index in [0.717, 1.165) is 0 Å². The quantitative estimate of drug-likeness (QED) is 0.266. The fraction of sp³-hybridized carbons (Fsp3) is 0.120. The summed E-state index contributed by atoms with van der Waals surface area (Å²) in [6.45, 7) is 0.121. The lowest BCUT2D eigenvalue weighted by atomic mass is 10.2. The minimum atomic E-state index is -0.259. The second-order valence-corrected chi connectivity index (χ2v) is 8.52. The molecule has 1 aromatic heterocycles. The maximum Gasteiger partial charge on any atom is 0.251 e. The molecule has 1 N–H and O–H groups in total. The first-order valence-corrected chi connectivity index (χ1v) is 11.8. The van der Waals surface area contributed by atoms with Crippen molar-refractivity contribution in [2.24, 2.45) is 0 Å². The largest absolute Gasteiger partial charge is 0.497 e. The molecule has 0 aliphatic heterocycles. The van der Waals surface area contributed by atoms with Gasteiger partial charge < -0.3 is 10.1 Å². The van der Waals surface area contributed by atoms with Crippen molar-refractivity contribution in [3.05, 3.63) is 101 Å². The number of carbonyl (C=O) groups is 2. The van der Waals surface area contributed by atoms with Gasteiger partial charge in [0, 0.05) is 11.1 Å². The monoisotopic (exact) mass is 492 g/mol. The van der Waals surface area contributed by atoms with Gasteiger partial charge in [0.25, 0.3) is 5.91 Å². The van der Waals surface area contributed by atoms with Crippen LogP contribution in [0.2, 0.25) is 5.02 Å². The minimum absolute atomic E-state index is 0.0198. The second-order valence-electron chi connectivity index (χ2n) is 7.17. The molecule has 9 heteroatoms. The SMILES string of the molecule is COc1ccc(C(=O)NCc2nnc(SCC(=O)c3ccccc3)n2-c2ccccc2Cl)cc1. The Kier molecular flexibility index (Phi) is 7.61. The second kappa shape index (κ2) is 11.0. The summed E-state index contributed by atoms with van der Waals surface area (Å²) >= 11 is 7.72. The van der Waals surface area contributed by atoms with Crippen molar-refractivity contribution >= 4 is 35.1 Å². The highest BCUT2D eigenvalue weighted by atomic mass is 35.5. The molecule has 0 aliphatic rings. The molecule has 1 amide bonds. The van der Waals surface area contributed by atoms with Gasteiger partial charge in [-0.25, -0.2) is 0 Å². The van der Waals surface area contributed by atoms with Crippen LogP contribution in [0.4, 0.5) is 0 Å². The molecule has 0 saturated heterocycles. The molecule has 34 heavy (non-hydrogen) atoms. The van der Waals surface area contributed by atoms with E-state index in [1.807, 2.05) is 36.4 Å². The average molecular weight is 493 g/mol. The molecule has 0 aliphatic carbocycles. The van der Waals surface area contributed by atoms with Crippen LogP contribution >= 0.6 is 23.4 Å². The average Bonchev–Trinajstić information content (AvgIpc) is 3.29. The molecule has 0 unspecified atom stereocenters. The third-order valence-corrected chi connectivity index (χ3v) is 6.23. The highest BCUT2D eigenvalue weighted by molar-refractivity contribution is 7.99. The number of halogens is 1. The van der Waals surface area contributed by atoms with E-state index in [1.54, 1.807) is 54.1 Å². The molecule has 0 atom stereocenters. The minimum Gasteiger partial charge on any atom is -0.497 e. The van der Waals surface area contributed by atoms with Gasteiger partial charge in [-0.3, -0.25) is 14.2 Å². The molecule has 0 saturated carbocycles.